The van der Waals surface area contributed by atoms with E-state index in [-0.39, 0.29) is 0 Å². The Labute approximate surface area is 148 Å². The molecule has 0 spiro atoms. The Hall–Kier alpha value is -2.08. The number of anilines is 1. The number of hydrogen-bond acceptors (Lipinski definition) is 6. The van der Waals surface area contributed by atoms with E-state index < -0.39 is 0 Å². The van der Waals surface area contributed by atoms with Crippen LogP contribution in [0.15, 0.2) is 31.0 Å². The Morgan fingerprint density at radius 3 is 2.48 bits per heavy atom. The van der Waals surface area contributed by atoms with Crippen LogP contribution in [-0.2, 0) is 6.54 Å². The van der Waals surface area contributed by atoms with E-state index in [2.05, 4.69) is 35.8 Å². The van der Waals surface area contributed by atoms with Crippen LogP contribution in [-0.4, -0.2) is 51.0 Å². The van der Waals surface area contributed by atoms with Gasteiger partial charge in [0.05, 0.1) is 5.69 Å². The standard InChI is InChI=1S/C19H24N6/c1-2-14(3-1)18-6-19(23-13-22-18)25-9-15-7-24(8-16(15)10-25)11-17-4-5-20-12-21-17/h4-6,12-16H,1-3,7-11H2. The molecule has 2 aromatic rings. The van der Waals surface area contributed by atoms with Gasteiger partial charge < -0.3 is 4.90 Å². The quantitative estimate of drug-likeness (QED) is 0.852. The Kier molecular flexibility index (Phi) is 3.85. The van der Waals surface area contributed by atoms with Crippen LogP contribution in [0.4, 0.5) is 5.82 Å². The predicted molar refractivity (Wildman–Crippen MR) is 95.1 cm³/mol. The largest absolute Gasteiger partial charge is 0.356 e. The lowest BCUT2D eigenvalue weighted by molar-refractivity contribution is 0.305. The van der Waals surface area contributed by atoms with Gasteiger partial charge in [-0.2, -0.15) is 0 Å². The lowest BCUT2D eigenvalue weighted by atomic mass is 9.83. The molecule has 1 saturated carbocycles. The van der Waals surface area contributed by atoms with E-state index in [1.54, 1.807) is 12.7 Å². The maximum Gasteiger partial charge on any atom is 0.132 e. The first-order chi connectivity index (χ1) is 12.3. The highest BCUT2D eigenvalue weighted by Crippen LogP contribution is 2.37. The fourth-order valence-corrected chi connectivity index (χ4v) is 4.51. The van der Waals surface area contributed by atoms with Crippen LogP contribution in [0.25, 0.3) is 0 Å². The first-order valence-corrected chi connectivity index (χ1v) is 9.39. The zero-order chi connectivity index (χ0) is 16.6. The molecule has 0 N–H and O–H groups in total. The molecule has 3 aliphatic rings. The first-order valence-electron chi connectivity index (χ1n) is 9.39. The van der Waals surface area contributed by atoms with Crippen molar-refractivity contribution in [2.24, 2.45) is 11.8 Å². The Morgan fingerprint density at radius 1 is 0.960 bits per heavy atom. The molecule has 4 heterocycles. The molecular formula is C19H24N6. The van der Waals surface area contributed by atoms with Gasteiger partial charge in [0.1, 0.15) is 18.5 Å². The van der Waals surface area contributed by atoms with E-state index in [0.29, 0.717) is 5.92 Å². The number of fused-ring (bicyclic) bond motifs is 1. The van der Waals surface area contributed by atoms with Gasteiger partial charge in [-0.1, -0.05) is 6.42 Å². The van der Waals surface area contributed by atoms with Crippen LogP contribution in [0.3, 0.4) is 0 Å². The maximum atomic E-state index is 4.56. The first kappa shape index (κ1) is 15.2. The number of nitrogens with zero attached hydrogens (tertiary/aromatic N) is 6. The maximum absolute atomic E-state index is 4.56. The molecule has 2 atom stereocenters. The molecule has 1 aliphatic carbocycles. The minimum Gasteiger partial charge on any atom is -0.356 e. The highest BCUT2D eigenvalue weighted by atomic mass is 15.3. The molecule has 0 amide bonds. The smallest absolute Gasteiger partial charge is 0.132 e. The molecular weight excluding hydrogens is 312 g/mol. The number of hydrogen-bond donors (Lipinski definition) is 0. The van der Waals surface area contributed by atoms with Crippen molar-refractivity contribution in [3.05, 3.63) is 42.4 Å². The summed E-state index contributed by atoms with van der Waals surface area (Å²) in [5, 5.41) is 0. The van der Waals surface area contributed by atoms with Crippen molar-refractivity contribution in [1.29, 1.82) is 0 Å². The fraction of sp³-hybridized carbons (Fsp3) is 0.579. The second-order valence-electron chi connectivity index (χ2n) is 7.75. The molecule has 0 radical (unpaired) electrons. The summed E-state index contributed by atoms with van der Waals surface area (Å²) in [6, 6.07) is 4.26. The topological polar surface area (TPSA) is 58.0 Å². The lowest BCUT2D eigenvalue weighted by Crippen LogP contribution is -2.29. The van der Waals surface area contributed by atoms with Crippen LogP contribution < -0.4 is 4.90 Å². The minimum absolute atomic E-state index is 0.673. The third-order valence-electron chi connectivity index (χ3n) is 6.11. The molecule has 2 saturated heterocycles. The molecule has 0 aromatic carbocycles. The molecule has 130 valence electrons. The van der Waals surface area contributed by atoms with Crippen LogP contribution in [0.1, 0.15) is 36.6 Å². The van der Waals surface area contributed by atoms with Crippen LogP contribution in [0, 0.1) is 11.8 Å². The minimum atomic E-state index is 0.673. The average molecular weight is 336 g/mol. The summed E-state index contributed by atoms with van der Waals surface area (Å²) in [6.07, 6.45) is 9.16. The summed E-state index contributed by atoms with van der Waals surface area (Å²) in [4.78, 5) is 22.4. The van der Waals surface area contributed by atoms with Gasteiger partial charge in [-0.3, -0.25) is 4.90 Å². The van der Waals surface area contributed by atoms with Crippen molar-refractivity contribution in [2.45, 2.75) is 31.7 Å². The zero-order valence-electron chi connectivity index (χ0n) is 14.5. The molecule has 2 aromatic heterocycles. The molecule has 25 heavy (non-hydrogen) atoms. The molecule has 5 rings (SSSR count). The van der Waals surface area contributed by atoms with Crippen LogP contribution in [0.5, 0.6) is 0 Å². The summed E-state index contributed by atoms with van der Waals surface area (Å²) in [5.41, 5.74) is 2.37. The second kappa shape index (κ2) is 6.33. The van der Waals surface area contributed by atoms with E-state index in [1.165, 1.54) is 25.0 Å². The van der Waals surface area contributed by atoms with Crippen molar-refractivity contribution in [3.63, 3.8) is 0 Å². The number of aromatic nitrogens is 4. The van der Waals surface area contributed by atoms with E-state index in [4.69, 9.17) is 0 Å². The Morgan fingerprint density at radius 2 is 1.80 bits per heavy atom. The Balaban J connectivity index is 1.22. The van der Waals surface area contributed by atoms with Crippen molar-refractivity contribution < 1.29 is 0 Å². The van der Waals surface area contributed by atoms with Crippen LogP contribution in [0.2, 0.25) is 0 Å². The van der Waals surface area contributed by atoms with Gasteiger partial charge in [0.2, 0.25) is 0 Å². The van der Waals surface area contributed by atoms with E-state index in [1.807, 2.05) is 12.3 Å². The van der Waals surface area contributed by atoms with Gasteiger partial charge in [-0.15, -0.1) is 0 Å². The van der Waals surface area contributed by atoms with Gasteiger partial charge in [0.25, 0.3) is 0 Å². The molecule has 2 unspecified atom stereocenters. The van der Waals surface area contributed by atoms with Gasteiger partial charge in [0.15, 0.2) is 0 Å². The molecule has 3 fully saturated rings. The summed E-state index contributed by atoms with van der Waals surface area (Å²) in [6.45, 7) is 5.49. The van der Waals surface area contributed by atoms with Crippen LogP contribution >= 0.6 is 0 Å². The lowest BCUT2D eigenvalue weighted by Gasteiger charge is -2.26. The third kappa shape index (κ3) is 2.99. The van der Waals surface area contributed by atoms with E-state index >= 15 is 0 Å². The van der Waals surface area contributed by atoms with Crippen molar-refractivity contribution >= 4 is 5.82 Å². The highest BCUT2D eigenvalue weighted by molar-refractivity contribution is 5.42. The molecule has 0 bridgehead atoms. The zero-order valence-corrected chi connectivity index (χ0v) is 14.5. The monoisotopic (exact) mass is 336 g/mol. The third-order valence-corrected chi connectivity index (χ3v) is 6.11. The summed E-state index contributed by atoms with van der Waals surface area (Å²) in [5.74, 6) is 3.29. The van der Waals surface area contributed by atoms with Gasteiger partial charge >= 0.3 is 0 Å². The van der Waals surface area contributed by atoms with Gasteiger partial charge in [-0.25, -0.2) is 19.9 Å². The van der Waals surface area contributed by atoms with Crippen molar-refractivity contribution in [3.8, 4) is 0 Å². The summed E-state index contributed by atoms with van der Waals surface area (Å²) < 4.78 is 0. The number of likely N-dealkylation sites (tertiary alicyclic amines) is 1. The Bertz CT molecular complexity index is 718. The average Bonchev–Trinajstić information content (AvgIpc) is 3.13. The molecule has 2 aliphatic heterocycles. The number of rotatable bonds is 4. The van der Waals surface area contributed by atoms with Gasteiger partial charge in [0, 0.05) is 56.6 Å². The van der Waals surface area contributed by atoms with Crippen molar-refractivity contribution in [1.82, 2.24) is 24.8 Å². The molecule has 6 heteroatoms. The fourth-order valence-electron chi connectivity index (χ4n) is 4.51. The van der Waals surface area contributed by atoms with Crippen molar-refractivity contribution in [2.75, 3.05) is 31.1 Å². The normalized spacial score (nSPS) is 26.6. The molecule has 6 nitrogen and oxygen atoms in total. The van der Waals surface area contributed by atoms with E-state index in [9.17, 15) is 0 Å². The van der Waals surface area contributed by atoms with Gasteiger partial charge in [-0.05, 0) is 30.7 Å². The predicted octanol–water partition coefficient (Wildman–Crippen LogP) is 2.10. The second-order valence-corrected chi connectivity index (χ2v) is 7.75. The van der Waals surface area contributed by atoms with E-state index in [0.717, 1.165) is 56.1 Å². The summed E-state index contributed by atoms with van der Waals surface area (Å²) >= 11 is 0. The highest BCUT2D eigenvalue weighted by Gasteiger charge is 2.40. The SMILES string of the molecule is c1cc(CN2CC3CN(c4cc(C5CCC5)ncn4)CC3C2)ncn1. The summed E-state index contributed by atoms with van der Waals surface area (Å²) in [7, 11) is 0.